The van der Waals surface area contributed by atoms with Gasteiger partial charge in [-0.05, 0) is 63.8 Å². The van der Waals surface area contributed by atoms with Crippen molar-refractivity contribution < 1.29 is 14.3 Å². The van der Waals surface area contributed by atoms with Crippen molar-refractivity contribution in [3.05, 3.63) is 30.0 Å². The summed E-state index contributed by atoms with van der Waals surface area (Å²) in [5, 5.41) is 6.96. The highest BCUT2D eigenvalue weighted by Crippen LogP contribution is 2.31. The van der Waals surface area contributed by atoms with Gasteiger partial charge in [-0.15, -0.1) is 0 Å². The number of hydrogen-bond acceptors (Lipinski definition) is 3. The van der Waals surface area contributed by atoms with Crippen molar-refractivity contribution in [2.45, 2.75) is 51.7 Å². The van der Waals surface area contributed by atoms with E-state index >= 15 is 0 Å². The molecule has 6 heteroatoms. The third kappa shape index (κ3) is 3.72. The van der Waals surface area contributed by atoms with E-state index < -0.39 is 0 Å². The molecule has 2 N–H and O–H groups in total. The highest BCUT2D eigenvalue weighted by atomic mass is 16.5. The molecule has 1 aromatic carbocycles. The standard InChI is InChI=1S/C21H27N3O3/c1-3-24-17-8-7-16(23-19(25)14-5-6-14)11-15(17)12-18(24)20(26)22-13-21(2)9-4-10-27-21/h7-8,11-12,14H,3-6,9-10,13H2,1-2H3,(H,22,26)(H,23,25)/t21-/m1/s1. The second-order valence-electron chi connectivity index (χ2n) is 7.90. The molecule has 6 nitrogen and oxygen atoms in total. The molecule has 1 saturated carbocycles. The highest BCUT2D eigenvalue weighted by molar-refractivity contribution is 6.01. The summed E-state index contributed by atoms with van der Waals surface area (Å²) in [7, 11) is 0. The Hall–Kier alpha value is -2.34. The molecule has 1 atom stereocenters. The Morgan fingerprint density at radius 3 is 2.78 bits per heavy atom. The largest absolute Gasteiger partial charge is 0.373 e. The fourth-order valence-corrected chi connectivity index (χ4v) is 3.80. The van der Waals surface area contributed by atoms with E-state index in [1.807, 2.05) is 42.7 Å². The average Bonchev–Trinajstić information content (AvgIpc) is 3.32. The number of carbonyl (C=O) groups excluding carboxylic acids is 2. The summed E-state index contributed by atoms with van der Waals surface area (Å²) in [6, 6.07) is 7.72. The molecule has 2 fully saturated rings. The Bertz CT molecular complexity index is 876. The van der Waals surface area contributed by atoms with Crippen molar-refractivity contribution in [1.82, 2.24) is 9.88 Å². The minimum atomic E-state index is -0.265. The van der Waals surface area contributed by atoms with Crippen molar-refractivity contribution in [2.75, 3.05) is 18.5 Å². The van der Waals surface area contributed by atoms with Gasteiger partial charge in [0.15, 0.2) is 0 Å². The smallest absolute Gasteiger partial charge is 0.268 e. The summed E-state index contributed by atoms with van der Waals surface area (Å²) in [6.45, 7) is 6.05. The maximum atomic E-state index is 12.8. The van der Waals surface area contributed by atoms with Gasteiger partial charge in [-0.3, -0.25) is 9.59 Å². The first-order valence-corrected chi connectivity index (χ1v) is 9.85. The normalized spacial score (nSPS) is 22.1. The molecule has 1 aromatic heterocycles. The molecule has 1 aliphatic heterocycles. The van der Waals surface area contributed by atoms with Gasteiger partial charge >= 0.3 is 0 Å². The number of nitrogens with one attached hydrogen (secondary N) is 2. The molecule has 2 heterocycles. The van der Waals surface area contributed by atoms with Crippen LogP contribution in [0.2, 0.25) is 0 Å². The van der Waals surface area contributed by atoms with Gasteiger partial charge in [0.05, 0.1) is 5.60 Å². The molecule has 2 aromatic rings. The van der Waals surface area contributed by atoms with Gasteiger partial charge in [-0.2, -0.15) is 0 Å². The van der Waals surface area contributed by atoms with Gasteiger partial charge in [0.2, 0.25) is 5.91 Å². The minimum Gasteiger partial charge on any atom is -0.373 e. The van der Waals surface area contributed by atoms with Crippen LogP contribution in [0, 0.1) is 5.92 Å². The predicted molar refractivity (Wildman–Crippen MR) is 105 cm³/mol. The van der Waals surface area contributed by atoms with Crippen LogP contribution in [0.1, 0.15) is 50.0 Å². The quantitative estimate of drug-likeness (QED) is 0.820. The second kappa shape index (κ2) is 7.00. The van der Waals surface area contributed by atoms with Gasteiger partial charge < -0.3 is 19.9 Å². The van der Waals surface area contributed by atoms with E-state index in [9.17, 15) is 9.59 Å². The molecular weight excluding hydrogens is 342 g/mol. The number of aromatic nitrogens is 1. The SMILES string of the molecule is CCn1c(C(=O)NC[C@@]2(C)CCCO2)cc2cc(NC(=O)C3CC3)ccc21. The van der Waals surface area contributed by atoms with Gasteiger partial charge in [-0.25, -0.2) is 0 Å². The zero-order chi connectivity index (χ0) is 19.0. The molecule has 0 bridgehead atoms. The second-order valence-corrected chi connectivity index (χ2v) is 7.90. The number of rotatable bonds is 6. The van der Waals surface area contributed by atoms with E-state index in [4.69, 9.17) is 4.74 Å². The van der Waals surface area contributed by atoms with Gasteiger partial charge in [0, 0.05) is 42.2 Å². The van der Waals surface area contributed by atoms with Crippen molar-refractivity contribution in [3.63, 3.8) is 0 Å². The fraction of sp³-hybridized carbons (Fsp3) is 0.524. The molecule has 0 spiro atoms. The van der Waals surface area contributed by atoms with Crippen LogP contribution in [0.25, 0.3) is 10.9 Å². The molecule has 0 radical (unpaired) electrons. The monoisotopic (exact) mass is 369 g/mol. The summed E-state index contributed by atoms with van der Waals surface area (Å²) in [5.74, 6) is 0.168. The van der Waals surface area contributed by atoms with E-state index in [2.05, 4.69) is 10.6 Å². The van der Waals surface area contributed by atoms with Crippen LogP contribution < -0.4 is 10.6 Å². The van der Waals surface area contributed by atoms with E-state index in [1.165, 1.54) is 0 Å². The highest BCUT2D eigenvalue weighted by Gasteiger charge is 2.31. The van der Waals surface area contributed by atoms with Crippen molar-refractivity contribution in [1.29, 1.82) is 0 Å². The zero-order valence-corrected chi connectivity index (χ0v) is 16.0. The van der Waals surface area contributed by atoms with Gasteiger partial charge in [0.1, 0.15) is 5.69 Å². The third-order valence-corrected chi connectivity index (χ3v) is 5.59. The molecular formula is C21H27N3O3. The van der Waals surface area contributed by atoms with Crippen LogP contribution in [0.3, 0.4) is 0 Å². The maximum Gasteiger partial charge on any atom is 0.268 e. The van der Waals surface area contributed by atoms with Gasteiger partial charge in [-0.1, -0.05) is 0 Å². The van der Waals surface area contributed by atoms with Crippen molar-refractivity contribution in [2.24, 2.45) is 5.92 Å². The van der Waals surface area contributed by atoms with E-state index in [0.717, 1.165) is 48.9 Å². The number of benzene rings is 1. The lowest BCUT2D eigenvalue weighted by Crippen LogP contribution is -2.40. The Kier molecular flexibility index (Phi) is 4.68. The van der Waals surface area contributed by atoms with Crippen LogP contribution in [-0.4, -0.2) is 35.1 Å². The molecule has 144 valence electrons. The van der Waals surface area contributed by atoms with Crippen molar-refractivity contribution in [3.8, 4) is 0 Å². The summed E-state index contributed by atoms with van der Waals surface area (Å²) < 4.78 is 7.77. The molecule has 2 amide bonds. The number of hydrogen-bond donors (Lipinski definition) is 2. The van der Waals surface area contributed by atoms with Gasteiger partial charge in [0.25, 0.3) is 5.91 Å². The molecule has 2 aliphatic rings. The molecule has 1 saturated heterocycles. The predicted octanol–water partition coefficient (Wildman–Crippen LogP) is 3.31. The number of fused-ring (bicyclic) bond motifs is 1. The van der Waals surface area contributed by atoms with Crippen LogP contribution in [0.15, 0.2) is 24.3 Å². The number of carbonyl (C=O) groups is 2. The Morgan fingerprint density at radius 1 is 1.30 bits per heavy atom. The number of amides is 2. The third-order valence-electron chi connectivity index (χ3n) is 5.59. The molecule has 4 rings (SSSR count). The topological polar surface area (TPSA) is 72.4 Å². The first-order valence-electron chi connectivity index (χ1n) is 9.85. The summed E-state index contributed by atoms with van der Waals surface area (Å²) in [5.41, 5.74) is 2.15. The lowest BCUT2D eigenvalue weighted by molar-refractivity contribution is -0.117. The Morgan fingerprint density at radius 2 is 2.11 bits per heavy atom. The summed E-state index contributed by atoms with van der Waals surface area (Å²) >= 11 is 0. The van der Waals surface area contributed by atoms with E-state index in [1.54, 1.807) is 0 Å². The number of anilines is 1. The maximum absolute atomic E-state index is 12.8. The van der Waals surface area contributed by atoms with Crippen LogP contribution in [-0.2, 0) is 16.1 Å². The van der Waals surface area contributed by atoms with Crippen LogP contribution in [0.5, 0.6) is 0 Å². The molecule has 27 heavy (non-hydrogen) atoms. The lowest BCUT2D eigenvalue weighted by Gasteiger charge is -2.23. The minimum absolute atomic E-state index is 0.0895. The average molecular weight is 369 g/mol. The fourth-order valence-electron chi connectivity index (χ4n) is 3.80. The first-order chi connectivity index (χ1) is 13.0. The molecule has 0 unspecified atom stereocenters. The van der Waals surface area contributed by atoms with Crippen molar-refractivity contribution >= 4 is 28.4 Å². The van der Waals surface area contributed by atoms with E-state index in [0.29, 0.717) is 18.8 Å². The van der Waals surface area contributed by atoms with Crippen LogP contribution >= 0.6 is 0 Å². The summed E-state index contributed by atoms with van der Waals surface area (Å²) in [6.07, 6.45) is 3.96. The van der Waals surface area contributed by atoms with Crippen LogP contribution in [0.4, 0.5) is 5.69 Å². The molecule has 1 aliphatic carbocycles. The first kappa shape index (κ1) is 18.0. The number of ether oxygens (including phenoxy) is 1. The number of nitrogens with zero attached hydrogens (tertiary/aromatic N) is 1. The Balaban J connectivity index is 1.54. The summed E-state index contributed by atoms with van der Waals surface area (Å²) in [4.78, 5) is 24.8. The van der Waals surface area contributed by atoms with E-state index in [-0.39, 0.29) is 23.3 Å². The zero-order valence-electron chi connectivity index (χ0n) is 16.0. The Labute approximate surface area is 159 Å². The number of aryl methyl sites for hydroxylation is 1. The lowest BCUT2D eigenvalue weighted by atomic mass is 10.0.